The van der Waals surface area contributed by atoms with Crippen LogP contribution in [0.3, 0.4) is 0 Å². The lowest BCUT2D eigenvalue weighted by Gasteiger charge is -2.29. The van der Waals surface area contributed by atoms with Crippen molar-refractivity contribution in [1.29, 1.82) is 0 Å². The van der Waals surface area contributed by atoms with Gasteiger partial charge in [-0.25, -0.2) is 9.29 Å². The van der Waals surface area contributed by atoms with Crippen LogP contribution in [0, 0.1) is 21.8 Å². The van der Waals surface area contributed by atoms with Crippen molar-refractivity contribution in [1.82, 2.24) is 4.98 Å². The minimum absolute atomic E-state index is 0.169. The number of non-ortho nitro benzene ring substituents is 1. The van der Waals surface area contributed by atoms with E-state index >= 15 is 0 Å². The number of thiazole rings is 1. The zero-order chi connectivity index (χ0) is 29.5. The Hall–Kier alpha value is -4.82. The zero-order valence-electron chi connectivity index (χ0n) is 21.3. The lowest BCUT2D eigenvalue weighted by atomic mass is 9.83. The van der Waals surface area contributed by atoms with Gasteiger partial charge in [-0.15, -0.1) is 0 Å². The van der Waals surface area contributed by atoms with Crippen LogP contribution in [-0.4, -0.2) is 39.5 Å². The largest absolute Gasteiger partial charge is 0.484 e. The number of amides is 3. The number of nitro benzene ring substituents is 1. The van der Waals surface area contributed by atoms with Gasteiger partial charge < -0.3 is 15.0 Å². The lowest BCUT2D eigenvalue weighted by molar-refractivity contribution is -0.384. The third kappa shape index (κ3) is 5.05. The average Bonchev–Trinajstić information content (AvgIpc) is 3.47. The molecule has 1 aromatic heterocycles. The Labute approximate surface area is 244 Å². The molecule has 212 valence electrons. The number of hydrogen-bond donors (Lipinski definition) is 2. The molecule has 0 unspecified atom stereocenters. The summed E-state index contributed by atoms with van der Waals surface area (Å²) in [6, 6.07) is 17.2. The summed E-state index contributed by atoms with van der Waals surface area (Å²) in [5, 5.41) is 13.4. The monoisotopic (exact) mass is 606 g/mol. The summed E-state index contributed by atoms with van der Waals surface area (Å²) in [6.45, 7) is -0.303. The molecule has 0 radical (unpaired) electrons. The predicted octanol–water partition coefficient (Wildman–Crippen LogP) is 4.30. The number of aromatic nitrogens is 1. The van der Waals surface area contributed by atoms with Gasteiger partial charge in [0.05, 0.1) is 21.6 Å². The molecule has 0 aliphatic carbocycles. The number of fused-ring (bicyclic) bond motifs is 2. The van der Waals surface area contributed by atoms with E-state index < -0.39 is 45.5 Å². The number of benzene rings is 3. The summed E-state index contributed by atoms with van der Waals surface area (Å²) < 4.78 is 18.7. The first-order valence-corrected chi connectivity index (χ1v) is 14.2. The number of anilines is 2. The Kier molecular flexibility index (Phi) is 7.08. The fourth-order valence-corrected chi connectivity index (χ4v) is 7.52. The average molecular weight is 607 g/mol. The van der Waals surface area contributed by atoms with Gasteiger partial charge in [-0.05, 0) is 54.1 Å². The third-order valence-electron chi connectivity index (χ3n) is 6.88. The van der Waals surface area contributed by atoms with Gasteiger partial charge in [0.1, 0.15) is 16.8 Å². The van der Waals surface area contributed by atoms with Crippen molar-refractivity contribution in [2.45, 2.75) is 16.2 Å². The summed E-state index contributed by atoms with van der Waals surface area (Å²) in [4.78, 5) is 66.4. The second-order valence-electron chi connectivity index (χ2n) is 9.45. The van der Waals surface area contributed by atoms with Crippen molar-refractivity contribution in [2.75, 3.05) is 16.8 Å². The maximum Gasteiger partial charge on any atom is 0.305 e. The number of imide groups is 1. The van der Waals surface area contributed by atoms with E-state index in [-0.39, 0.29) is 22.9 Å². The molecule has 0 spiro atoms. The van der Waals surface area contributed by atoms with Crippen LogP contribution in [-0.2, 0) is 14.4 Å². The highest BCUT2D eigenvalue weighted by molar-refractivity contribution is 8.00. The van der Waals surface area contributed by atoms with Gasteiger partial charge in [-0.2, -0.15) is 0 Å². The van der Waals surface area contributed by atoms with Crippen molar-refractivity contribution in [3.05, 3.63) is 109 Å². The number of thioether (sulfide) groups is 1. The molecule has 11 nitrogen and oxygen atoms in total. The quantitative estimate of drug-likeness (QED) is 0.180. The van der Waals surface area contributed by atoms with Crippen LogP contribution < -0.4 is 19.8 Å². The second kappa shape index (κ2) is 10.9. The normalized spacial score (nSPS) is 19.3. The van der Waals surface area contributed by atoms with Crippen LogP contribution >= 0.6 is 23.1 Å². The maximum atomic E-state index is 13.8. The number of nitrogens with one attached hydrogen (secondary N) is 2. The molecule has 2 N–H and O–H groups in total. The van der Waals surface area contributed by atoms with Crippen molar-refractivity contribution in [3.63, 3.8) is 0 Å². The molecule has 3 aromatic carbocycles. The fourth-order valence-electron chi connectivity index (χ4n) is 5.00. The van der Waals surface area contributed by atoms with E-state index in [2.05, 4.69) is 10.3 Å². The van der Waals surface area contributed by atoms with Gasteiger partial charge in [-0.1, -0.05) is 35.2 Å². The van der Waals surface area contributed by atoms with E-state index in [0.29, 0.717) is 26.9 Å². The van der Waals surface area contributed by atoms with E-state index in [0.717, 1.165) is 28.0 Å². The molecule has 0 bridgehead atoms. The molecule has 3 heterocycles. The van der Waals surface area contributed by atoms with Crippen molar-refractivity contribution >= 4 is 57.9 Å². The SMILES string of the molecule is O=C(COc1ccc([C@@H]2c3sc(=O)[nH]c3S[C@H]3C(=O)N(c4ccc([N+](=O)[O-])cc4)C(=O)[C@@H]23)cc1)Nc1ccc(F)cc1. The van der Waals surface area contributed by atoms with Gasteiger partial charge in [0.15, 0.2) is 6.61 Å². The summed E-state index contributed by atoms with van der Waals surface area (Å²) in [6.07, 6.45) is 0. The van der Waals surface area contributed by atoms with E-state index in [1.54, 1.807) is 24.3 Å². The number of carbonyl (C=O) groups is 3. The molecule has 2 aliphatic heterocycles. The maximum absolute atomic E-state index is 13.8. The lowest BCUT2D eigenvalue weighted by Crippen LogP contribution is -2.32. The van der Waals surface area contributed by atoms with Gasteiger partial charge in [0.25, 0.3) is 11.6 Å². The molecule has 3 atom stereocenters. The fraction of sp³-hybridized carbons (Fsp3) is 0.143. The molecule has 2 aliphatic rings. The highest BCUT2D eigenvalue weighted by Gasteiger charge is 2.56. The molecular formula is C28H19FN4O7S2. The van der Waals surface area contributed by atoms with Gasteiger partial charge in [-0.3, -0.25) is 29.3 Å². The van der Waals surface area contributed by atoms with Gasteiger partial charge in [0, 0.05) is 28.6 Å². The first-order valence-electron chi connectivity index (χ1n) is 12.5. The Morgan fingerprint density at radius 2 is 1.69 bits per heavy atom. The molecule has 0 saturated carbocycles. The number of H-pyrrole nitrogens is 1. The highest BCUT2D eigenvalue weighted by Crippen LogP contribution is 2.53. The van der Waals surface area contributed by atoms with Crippen molar-refractivity contribution in [3.8, 4) is 5.75 Å². The first-order chi connectivity index (χ1) is 20.2. The van der Waals surface area contributed by atoms with Gasteiger partial charge in [0.2, 0.25) is 11.8 Å². The second-order valence-corrected chi connectivity index (χ2v) is 11.6. The Balaban J connectivity index is 1.24. The molecule has 1 fully saturated rings. The Morgan fingerprint density at radius 3 is 2.36 bits per heavy atom. The molecular weight excluding hydrogens is 587 g/mol. The first kappa shape index (κ1) is 27.4. The standard InChI is InChI=1S/C28H19FN4O7S2/c29-15-3-5-16(6-4-15)30-20(34)13-40-19-11-1-14(2-12-19)21-22-24(41-25-23(21)42-28(37)31-25)27(36)32(26(22)35)17-7-9-18(10-8-17)33(38)39/h1-12,21-22,24H,13H2,(H,30,34)(H,31,37)/t21-,22-,24+/m0/s1. The summed E-state index contributed by atoms with van der Waals surface area (Å²) in [7, 11) is 0. The molecule has 14 heteroatoms. The van der Waals surface area contributed by atoms with Crippen LogP contribution in [0.4, 0.5) is 21.5 Å². The van der Waals surface area contributed by atoms with Crippen molar-refractivity contribution in [2.24, 2.45) is 5.92 Å². The summed E-state index contributed by atoms with van der Waals surface area (Å²) in [5.41, 5.74) is 1.14. The van der Waals surface area contributed by atoms with Crippen LogP contribution in [0.1, 0.15) is 16.4 Å². The number of aromatic amines is 1. The third-order valence-corrected chi connectivity index (χ3v) is 9.28. The Bertz CT molecular complexity index is 1770. The molecule has 42 heavy (non-hydrogen) atoms. The number of nitrogens with zero attached hydrogens (tertiary/aromatic N) is 2. The van der Waals surface area contributed by atoms with Crippen LogP contribution in [0.25, 0.3) is 0 Å². The van der Waals surface area contributed by atoms with Crippen LogP contribution in [0.2, 0.25) is 0 Å². The summed E-state index contributed by atoms with van der Waals surface area (Å²) in [5.74, 6) is -2.89. The summed E-state index contributed by atoms with van der Waals surface area (Å²) >= 11 is 2.10. The smallest absolute Gasteiger partial charge is 0.305 e. The Morgan fingerprint density at radius 1 is 1.00 bits per heavy atom. The van der Waals surface area contributed by atoms with Crippen LogP contribution in [0.5, 0.6) is 5.75 Å². The number of halogens is 1. The van der Waals surface area contributed by atoms with E-state index in [9.17, 15) is 33.7 Å². The highest BCUT2D eigenvalue weighted by atomic mass is 32.2. The van der Waals surface area contributed by atoms with E-state index in [1.807, 2.05) is 0 Å². The predicted molar refractivity (Wildman–Crippen MR) is 152 cm³/mol. The minimum atomic E-state index is -0.829. The number of ether oxygens (including phenoxy) is 1. The number of carbonyl (C=O) groups excluding carboxylic acids is 3. The number of hydrogen-bond acceptors (Lipinski definition) is 9. The zero-order valence-corrected chi connectivity index (χ0v) is 22.9. The van der Waals surface area contributed by atoms with Crippen LogP contribution in [0.15, 0.2) is 82.6 Å². The van der Waals surface area contributed by atoms with E-state index in [4.69, 9.17) is 4.74 Å². The van der Waals surface area contributed by atoms with Gasteiger partial charge >= 0.3 is 4.87 Å². The topological polar surface area (TPSA) is 152 Å². The van der Waals surface area contributed by atoms with E-state index in [1.165, 1.54) is 48.5 Å². The molecule has 1 saturated heterocycles. The molecule has 4 aromatic rings. The molecule has 3 amide bonds. The minimum Gasteiger partial charge on any atom is -0.484 e. The number of rotatable bonds is 7. The van der Waals surface area contributed by atoms with Crippen molar-refractivity contribution < 1.29 is 28.4 Å². The number of nitro groups is 1. The molecule has 6 rings (SSSR count).